The van der Waals surface area contributed by atoms with Crippen molar-refractivity contribution in [3.8, 4) is 11.5 Å². The predicted molar refractivity (Wildman–Crippen MR) is 110 cm³/mol. The van der Waals surface area contributed by atoms with Crippen molar-refractivity contribution in [1.29, 1.82) is 0 Å². The van der Waals surface area contributed by atoms with Crippen molar-refractivity contribution in [2.24, 2.45) is 5.41 Å². The number of amides is 1. The van der Waals surface area contributed by atoms with E-state index in [0.717, 1.165) is 62.5 Å². The van der Waals surface area contributed by atoms with Crippen molar-refractivity contribution >= 4 is 5.91 Å². The van der Waals surface area contributed by atoms with Gasteiger partial charge < -0.3 is 14.4 Å². The molecule has 5 heteroatoms. The summed E-state index contributed by atoms with van der Waals surface area (Å²) in [7, 11) is 3.41. The maximum Gasteiger partial charge on any atom is 0.230 e. The summed E-state index contributed by atoms with van der Waals surface area (Å²) < 4.78 is 11.1. The van der Waals surface area contributed by atoms with Crippen LogP contribution in [0.4, 0.5) is 0 Å². The minimum atomic E-state index is -0.176. The van der Waals surface area contributed by atoms with E-state index in [1.807, 2.05) is 18.2 Å². The second kappa shape index (κ2) is 8.32. The van der Waals surface area contributed by atoms with Gasteiger partial charge in [-0.15, -0.1) is 0 Å². The third-order valence-electron chi connectivity index (χ3n) is 7.13. The van der Waals surface area contributed by atoms with Crippen molar-refractivity contribution in [2.45, 2.75) is 64.0 Å². The lowest BCUT2D eigenvalue weighted by molar-refractivity contribution is -0.149. The normalized spacial score (nSPS) is 26.8. The van der Waals surface area contributed by atoms with Crippen molar-refractivity contribution < 1.29 is 14.3 Å². The zero-order valence-corrected chi connectivity index (χ0v) is 17.4. The summed E-state index contributed by atoms with van der Waals surface area (Å²) in [5.41, 5.74) is 0.905. The number of likely N-dealkylation sites (tertiary alicyclic amines) is 2. The number of ether oxygens (including phenoxy) is 2. The van der Waals surface area contributed by atoms with E-state index in [9.17, 15) is 4.79 Å². The molecule has 28 heavy (non-hydrogen) atoms. The van der Waals surface area contributed by atoms with Gasteiger partial charge in [-0.05, 0) is 50.8 Å². The second-order valence-electron chi connectivity index (χ2n) is 8.78. The Morgan fingerprint density at radius 2 is 1.71 bits per heavy atom. The smallest absolute Gasteiger partial charge is 0.230 e. The van der Waals surface area contributed by atoms with Gasteiger partial charge >= 0.3 is 0 Å². The quantitative estimate of drug-likeness (QED) is 0.771. The van der Waals surface area contributed by atoms with E-state index in [2.05, 4.69) is 9.80 Å². The average Bonchev–Trinajstić information content (AvgIpc) is 3.14. The molecule has 1 atom stereocenters. The molecule has 0 bridgehead atoms. The van der Waals surface area contributed by atoms with Gasteiger partial charge in [0.05, 0.1) is 25.2 Å². The molecule has 1 amide bonds. The largest absolute Gasteiger partial charge is 0.496 e. The zero-order chi connectivity index (χ0) is 19.6. The lowest BCUT2D eigenvalue weighted by Crippen LogP contribution is -2.54. The van der Waals surface area contributed by atoms with Gasteiger partial charge in [0.15, 0.2) is 0 Å². The number of rotatable bonds is 5. The van der Waals surface area contributed by atoms with Crippen molar-refractivity contribution in [3.05, 3.63) is 23.8 Å². The summed E-state index contributed by atoms with van der Waals surface area (Å²) >= 11 is 0. The Balaban J connectivity index is 1.48. The van der Waals surface area contributed by atoms with Crippen LogP contribution < -0.4 is 9.47 Å². The summed E-state index contributed by atoms with van der Waals surface area (Å²) in [6, 6.07) is 6.42. The monoisotopic (exact) mass is 386 g/mol. The molecular weight excluding hydrogens is 352 g/mol. The van der Waals surface area contributed by atoms with E-state index in [1.165, 1.54) is 32.1 Å². The van der Waals surface area contributed by atoms with Crippen molar-refractivity contribution in [2.75, 3.05) is 33.9 Å². The van der Waals surface area contributed by atoms with E-state index in [0.29, 0.717) is 11.9 Å². The van der Waals surface area contributed by atoms with E-state index in [4.69, 9.17) is 9.47 Å². The molecule has 154 valence electrons. The lowest BCUT2D eigenvalue weighted by Gasteiger charge is -2.44. The standard InChI is InChI=1S/C23H34N2O3/c1-27-20-10-6-11-21(28-2)19(20)16-24-15-13-23(17-24)12-7-14-25(22(23)26)18-8-4-3-5-9-18/h6,10-11,18H,3-5,7-9,12-17H2,1-2H3. The Bertz CT molecular complexity index is 679. The molecule has 1 saturated carbocycles. The fourth-order valence-corrected chi connectivity index (χ4v) is 5.62. The Morgan fingerprint density at radius 1 is 1.00 bits per heavy atom. The van der Waals surface area contributed by atoms with Crippen LogP contribution in [0.2, 0.25) is 0 Å². The molecule has 2 saturated heterocycles. The summed E-state index contributed by atoms with van der Waals surface area (Å²) in [5.74, 6) is 2.15. The Morgan fingerprint density at radius 3 is 2.39 bits per heavy atom. The van der Waals surface area contributed by atoms with Gasteiger partial charge in [0.1, 0.15) is 11.5 Å². The molecule has 2 aliphatic heterocycles. The van der Waals surface area contributed by atoms with E-state index in [1.54, 1.807) is 14.2 Å². The number of nitrogens with zero attached hydrogens (tertiary/aromatic N) is 2. The third kappa shape index (κ3) is 3.61. The van der Waals surface area contributed by atoms with Gasteiger partial charge in [0.25, 0.3) is 0 Å². The van der Waals surface area contributed by atoms with E-state index in [-0.39, 0.29) is 5.41 Å². The Kier molecular flexibility index (Phi) is 5.81. The number of hydrogen-bond donors (Lipinski definition) is 0. The van der Waals surface area contributed by atoms with Crippen molar-refractivity contribution in [3.63, 3.8) is 0 Å². The Hall–Kier alpha value is -1.75. The molecule has 5 nitrogen and oxygen atoms in total. The molecule has 0 radical (unpaired) electrons. The van der Waals surface area contributed by atoms with E-state index >= 15 is 0 Å². The van der Waals surface area contributed by atoms with Crippen LogP contribution in [0.25, 0.3) is 0 Å². The fraction of sp³-hybridized carbons (Fsp3) is 0.696. The summed E-state index contributed by atoms with van der Waals surface area (Å²) in [4.78, 5) is 18.2. The molecule has 1 aromatic rings. The molecule has 4 rings (SSSR count). The molecular formula is C23H34N2O3. The zero-order valence-electron chi connectivity index (χ0n) is 17.4. The highest BCUT2D eigenvalue weighted by Crippen LogP contribution is 2.43. The molecule has 3 aliphatic rings. The van der Waals surface area contributed by atoms with Gasteiger partial charge in [0, 0.05) is 25.7 Å². The van der Waals surface area contributed by atoms with Crippen LogP contribution in [0.5, 0.6) is 11.5 Å². The van der Waals surface area contributed by atoms with Gasteiger partial charge in [-0.3, -0.25) is 9.69 Å². The first-order valence-corrected chi connectivity index (χ1v) is 10.9. The first-order valence-electron chi connectivity index (χ1n) is 10.9. The van der Waals surface area contributed by atoms with Crippen LogP contribution >= 0.6 is 0 Å². The molecule has 1 unspecified atom stereocenters. The minimum absolute atomic E-state index is 0.176. The minimum Gasteiger partial charge on any atom is -0.496 e. The molecule has 1 aliphatic carbocycles. The van der Waals surface area contributed by atoms with Crippen LogP contribution in [0.15, 0.2) is 18.2 Å². The average molecular weight is 387 g/mol. The SMILES string of the molecule is COc1cccc(OC)c1CN1CCC2(CCCN(C3CCCCC3)C2=O)C1. The first kappa shape index (κ1) is 19.6. The number of methoxy groups -OCH3 is 2. The van der Waals surface area contributed by atoms with Crippen LogP contribution in [-0.2, 0) is 11.3 Å². The number of carbonyl (C=O) groups excluding carboxylic acids is 1. The molecule has 0 aromatic heterocycles. The molecule has 3 fully saturated rings. The van der Waals surface area contributed by atoms with Crippen LogP contribution in [0, 0.1) is 5.41 Å². The molecule has 0 N–H and O–H groups in total. The maximum atomic E-state index is 13.5. The topological polar surface area (TPSA) is 42.0 Å². The summed E-state index contributed by atoms with van der Waals surface area (Å²) in [6.07, 6.45) is 9.45. The summed E-state index contributed by atoms with van der Waals surface area (Å²) in [5, 5.41) is 0. The summed E-state index contributed by atoms with van der Waals surface area (Å²) in [6.45, 7) is 3.55. The van der Waals surface area contributed by atoms with Gasteiger partial charge in [-0.1, -0.05) is 25.3 Å². The van der Waals surface area contributed by atoms with Crippen molar-refractivity contribution in [1.82, 2.24) is 9.80 Å². The van der Waals surface area contributed by atoms with Gasteiger partial charge in [-0.25, -0.2) is 0 Å². The van der Waals surface area contributed by atoms with Gasteiger partial charge in [0.2, 0.25) is 5.91 Å². The van der Waals surface area contributed by atoms with Crippen LogP contribution in [-0.4, -0.2) is 55.6 Å². The predicted octanol–water partition coefficient (Wildman–Crippen LogP) is 3.85. The maximum absolute atomic E-state index is 13.5. The highest BCUT2D eigenvalue weighted by atomic mass is 16.5. The fourth-order valence-electron chi connectivity index (χ4n) is 5.62. The van der Waals surface area contributed by atoms with E-state index < -0.39 is 0 Å². The van der Waals surface area contributed by atoms with Crippen LogP contribution in [0.1, 0.15) is 56.9 Å². The third-order valence-corrected chi connectivity index (χ3v) is 7.13. The number of piperidine rings is 1. The number of carbonyl (C=O) groups is 1. The van der Waals surface area contributed by atoms with Gasteiger partial charge in [-0.2, -0.15) is 0 Å². The number of hydrogen-bond acceptors (Lipinski definition) is 4. The van der Waals surface area contributed by atoms with Crippen LogP contribution in [0.3, 0.4) is 0 Å². The number of benzene rings is 1. The molecule has 1 spiro atoms. The first-order chi connectivity index (χ1) is 13.7. The Labute approximate surface area is 169 Å². The molecule has 1 aromatic carbocycles. The highest BCUT2D eigenvalue weighted by molar-refractivity contribution is 5.84. The second-order valence-corrected chi connectivity index (χ2v) is 8.78. The molecule has 2 heterocycles. The lowest BCUT2D eigenvalue weighted by atomic mass is 9.77. The highest BCUT2D eigenvalue weighted by Gasteiger charge is 2.49.